The van der Waals surface area contributed by atoms with Crippen molar-refractivity contribution < 1.29 is 4.79 Å². The highest BCUT2D eigenvalue weighted by Gasteiger charge is 2.16. The first-order valence-electron chi connectivity index (χ1n) is 6.58. The Hall–Kier alpha value is -2.45. The van der Waals surface area contributed by atoms with Crippen molar-refractivity contribution in [3.63, 3.8) is 0 Å². The molecule has 0 aliphatic heterocycles. The fraction of sp³-hybridized carbons (Fsp3) is 0.0556. The van der Waals surface area contributed by atoms with Crippen molar-refractivity contribution in [2.24, 2.45) is 5.73 Å². The predicted molar refractivity (Wildman–Crippen MR) is 81.8 cm³/mol. The third kappa shape index (κ3) is 2.10. The first kappa shape index (κ1) is 12.6. The SMILES string of the molecule is NC(c1ccccc1)c1c(C=O)ccc2ccccc12. The van der Waals surface area contributed by atoms with Crippen molar-refractivity contribution in [2.75, 3.05) is 0 Å². The van der Waals surface area contributed by atoms with E-state index in [1.54, 1.807) is 0 Å². The van der Waals surface area contributed by atoms with E-state index in [0.717, 1.165) is 28.2 Å². The number of hydrogen-bond acceptors (Lipinski definition) is 2. The molecule has 0 aliphatic carbocycles. The molecule has 3 rings (SSSR count). The lowest BCUT2D eigenvalue weighted by Crippen LogP contribution is -2.14. The number of fused-ring (bicyclic) bond motifs is 1. The fourth-order valence-corrected chi connectivity index (χ4v) is 2.59. The van der Waals surface area contributed by atoms with Crippen LogP contribution in [0.4, 0.5) is 0 Å². The van der Waals surface area contributed by atoms with Crippen LogP contribution in [0.3, 0.4) is 0 Å². The average Bonchev–Trinajstić information content (AvgIpc) is 2.54. The molecule has 1 unspecified atom stereocenters. The first-order valence-corrected chi connectivity index (χ1v) is 6.58. The molecule has 2 N–H and O–H groups in total. The molecule has 0 saturated heterocycles. The normalized spacial score (nSPS) is 12.2. The Bertz CT molecular complexity index is 750. The maximum absolute atomic E-state index is 11.4. The van der Waals surface area contributed by atoms with Crippen LogP contribution in [0.5, 0.6) is 0 Å². The van der Waals surface area contributed by atoms with E-state index in [2.05, 4.69) is 0 Å². The zero-order valence-electron chi connectivity index (χ0n) is 11.0. The molecule has 0 saturated carbocycles. The number of nitrogens with two attached hydrogens (primary N) is 1. The molecule has 2 heteroatoms. The van der Waals surface area contributed by atoms with Crippen molar-refractivity contribution in [3.8, 4) is 0 Å². The third-order valence-electron chi connectivity index (χ3n) is 3.60. The summed E-state index contributed by atoms with van der Waals surface area (Å²) in [6.07, 6.45) is 0.880. The monoisotopic (exact) mass is 261 g/mol. The number of aldehydes is 1. The van der Waals surface area contributed by atoms with Gasteiger partial charge in [-0.1, -0.05) is 66.7 Å². The van der Waals surface area contributed by atoms with E-state index in [1.165, 1.54) is 0 Å². The largest absolute Gasteiger partial charge is 0.320 e. The van der Waals surface area contributed by atoms with E-state index in [4.69, 9.17) is 5.73 Å². The summed E-state index contributed by atoms with van der Waals surface area (Å²) in [5, 5.41) is 2.13. The van der Waals surface area contributed by atoms with Gasteiger partial charge >= 0.3 is 0 Å². The lowest BCUT2D eigenvalue weighted by atomic mass is 9.90. The van der Waals surface area contributed by atoms with Crippen LogP contribution in [0.1, 0.15) is 27.5 Å². The van der Waals surface area contributed by atoms with Crippen molar-refractivity contribution in [2.45, 2.75) is 6.04 Å². The van der Waals surface area contributed by atoms with Gasteiger partial charge in [0.2, 0.25) is 0 Å². The number of benzene rings is 3. The summed E-state index contributed by atoms with van der Waals surface area (Å²) in [5.74, 6) is 0. The molecule has 0 fully saturated rings. The molecule has 0 aromatic heterocycles. The van der Waals surface area contributed by atoms with Gasteiger partial charge in [-0.2, -0.15) is 0 Å². The van der Waals surface area contributed by atoms with Gasteiger partial charge in [-0.05, 0) is 21.9 Å². The van der Waals surface area contributed by atoms with Crippen LogP contribution in [-0.2, 0) is 0 Å². The van der Waals surface area contributed by atoms with Crippen LogP contribution in [0.25, 0.3) is 10.8 Å². The first-order chi connectivity index (χ1) is 9.81. The molecular weight excluding hydrogens is 246 g/mol. The highest BCUT2D eigenvalue weighted by Crippen LogP contribution is 2.29. The average molecular weight is 261 g/mol. The van der Waals surface area contributed by atoms with Crippen molar-refractivity contribution in [1.29, 1.82) is 0 Å². The molecule has 3 aromatic rings. The molecule has 3 aromatic carbocycles. The Labute approximate surface area is 117 Å². The van der Waals surface area contributed by atoms with Crippen molar-refractivity contribution in [1.82, 2.24) is 0 Å². The number of carbonyl (C=O) groups excluding carboxylic acids is 1. The number of rotatable bonds is 3. The molecule has 0 bridgehead atoms. The van der Waals surface area contributed by atoms with Crippen molar-refractivity contribution >= 4 is 17.1 Å². The molecule has 0 aliphatic rings. The van der Waals surface area contributed by atoms with Gasteiger partial charge in [0.1, 0.15) is 6.29 Å². The molecule has 0 amide bonds. The van der Waals surface area contributed by atoms with Crippen molar-refractivity contribution in [3.05, 3.63) is 83.4 Å². The molecule has 0 spiro atoms. The van der Waals surface area contributed by atoms with Gasteiger partial charge in [0.05, 0.1) is 6.04 Å². The van der Waals surface area contributed by atoms with E-state index in [1.807, 2.05) is 66.7 Å². The molecular formula is C18H15NO. The minimum atomic E-state index is -0.303. The summed E-state index contributed by atoms with van der Waals surface area (Å²) in [4.78, 5) is 11.4. The standard InChI is InChI=1S/C18H15NO/c19-18(14-7-2-1-3-8-14)17-15(12-20)11-10-13-6-4-5-9-16(13)17/h1-12,18H,19H2. The van der Waals surface area contributed by atoms with E-state index in [0.29, 0.717) is 5.56 Å². The summed E-state index contributed by atoms with van der Waals surface area (Å²) >= 11 is 0. The second-order valence-electron chi connectivity index (χ2n) is 4.80. The van der Waals surface area contributed by atoms with Crippen LogP contribution >= 0.6 is 0 Å². The summed E-state index contributed by atoms with van der Waals surface area (Å²) in [6.45, 7) is 0. The number of hydrogen-bond donors (Lipinski definition) is 1. The topological polar surface area (TPSA) is 43.1 Å². The van der Waals surface area contributed by atoms with E-state index < -0.39 is 0 Å². The maximum atomic E-state index is 11.4. The Morgan fingerprint density at radius 2 is 1.55 bits per heavy atom. The summed E-state index contributed by atoms with van der Waals surface area (Å²) < 4.78 is 0. The summed E-state index contributed by atoms with van der Waals surface area (Å²) in [7, 11) is 0. The van der Waals surface area contributed by atoms with Crippen LogP contribution in [0.15, 0.2) is 66.7 Å². The van der Waals surface area contributed by atoms with Gasteiger partial charge in [0.15, 0.2) is 0 Å². The second kappa shape index (κ2) is 5.27. The molecule has 2 nitrogen and oxygen atoms in total. The lowest BCUT2D eigenvalue weighted by molar-refractivity contribution is 0.112. The zero-order valence-corrected chi connectivity index (χ0v) is 11.0. The minimum absolute atomic E-state index is 0.303. The van der Waals surface area contributed by atoms with Crippen LogP contribution in [0.2, 0.25) is 0 Å². The van der Waals surface area contributed by atoms with Crippen LogP contribution in [0, 0.1) is 0 Å². The summed E-state index contributed by atoms with van der Waals surface area (Å²) in [5.41, 5.74) is 8.95. The van der Waals surface area contributed by atoms with E-state index in [-0.39, 0.29) is 6.04 Å². The molecule has 1 atom stereocenters. The highest BCUT2D eigenvalue weighted by molar-refractivity contribution is 5.94. The zero-order chi connectivity index (χ0) is 13.9. The van der Waals surface area contributed by atoms with Crippen LogP contribution in [-0.4, -0.2) is 6.29 Å². The third-order valence-corrected chi connectivity index (χ3v) is 3.60. The van der Waals surface area contributed by atoms with Gasteiger partial charge in [-0.25, -0.2) is 0 Å². The molecule has 0 heterocycles. The smallest absolute Gasteiger partial charge is 0.150 e. The molecule has 98 valence electrons. The summed E-state index contributed by atoms with van der Waals surface area (Å²) in [6, 6.07) is 21.4. The van der Waals surface area contributed by atoms with Gasteiger partial charge in [-0.15, -0.1) is 0 Å². The quantitative estimate of drug-likeness (QED) is 0.730. The Morgan fingerprint density at radius 1 is 0.850 bits per heavy atom. The number of carbonyl (C=O) groups is 1. The van der Waals surface area contributed by atoms with Gasteiger partial charge in [-0.3, -0.25) is 4.79 Å². The minimum Gasteiger partial charge on any atom is -0.320 e. The molecule has 0 radical (unpaired) electrons. The van der Waals surface area contributed by atoms with Gasteiger partial charge in [0.25, 0.3) is 0 Å². The van der Waals surface area contributed by atoms with Gasteiger partial charge in [0, 0.05) is 5.56 Å². The second-order valence-corrected chi connectivity index (χ2v) is 4.80. The van der Waals surface area contributed by atoms with E-state index >= 15 is 0 Å². The fourth-order valence-electron chi connectivity index (χ4n) is 2.59. The highest BCUT2D eigenvalue weighted by atomic mass is 16.1. The Morgan fingerprint density at radius 3 is 2.30 bits per heavy atom. The molecule has 20 heavy (non-hydrogen) atoms. The maximum Gasteiger partial charge on any atom is 0.150 e. The Balaban J connectivity index is 2.26. The lowest BCUT2D eigenvalue weighted by Gasteiger charge is -2.17. The Kier molecular flexibility index (Phi) is 3.32. The van der Waals surface area contributed by atoms with Gasteiger partial charge < -0.3 is 5.73 Å². The van der Waals surface area contributed by atoms with E-state index in [9.17, 15) is 4.79 Å². The van der Waals surface area contributed by atoms with Crippen LogP contribution < -0.4 is 5.73 Å². The predicted octanol–water partition coefficient (Wildman–Crippen LogP) is 3.70.